The van der Waals surface area contributed by atoms with Crippen LogP contribution in [0.15, 0.2) is 24.3 Å². The normalized spacial score (nSPS) is 42.1. The van der Waals surface area contributed by atoms with Gasteiger partial charge in [-0.3, -0.25) is 4.79 Å². The number of fused-ring (bicyclic) bond motifs is 3. The summed E-state index contributed by atoms with van der Waals surface area (Å²) < 4.78 is 0. The summed E-state index contributed by atoms with van der Waals surface area (Å²) in [5, 5.41) is 0. The van der Waals surface area contributed by atoms with Gasteiger partial charge < -0.3 is 0 Å². The minimum absolute atomic E-state index is 0.109. The summed E-state index contributed by atoms with van der Waals surface area (Å²) in [5.74, 6) is 0.320. The van der Waals surface area contributed by atoms with Gasteiger partial charge >= 0.3 is 0 Å². The van der Waals surface area contributed by atoms with Crippen LogP contribution in [0.5, 0.6) is 0 Å². The summed E-state index contributed by atoms with van der Waals surface area (Å²) in [6, 6.07) is 8.28. The van der Waals surface area contributed by atoms with E-state index in [1.165, 1.54) is 11.1 Å². The van der Waals surface area contributed by atoms with Crippen LogP contribution in [0.2, 0.25) is 0 Å². The van der Waals surface area contributed by atoms with Gasteiger partial charge in [0.15, 0.2) is 5.78 Å². The minimum Gasteiger partial charge on any atom is -0.297 e. The van der Waals surface area contributed by atoms with Crippen LogP contribution in [0.25, 0.3) is 0 Å². The molecule has 78 valence electrons. The maximum absolute atomic E-state index is 11.9. The zero-order valence-corrected chi connectivity index (χ0v) is 9.64. The summed E-state index contributed by atoms with van der Waals surface area (Å²) in [7, 11) is 0. The molecule has 0 aromatic heterocycles. The number of halogens is 1. The zero-order chi connectivity index (χ0) is 10.8. The molecule has 0 saturated heterocycles. The molecule has 0 bridgehead atoms. The Kier molecular flexibility index (Phi) is 1.54. The number of hydrogen-bond donors (Lipinski definition) is 0. The first kappa shape index (κ1) is 9.41. The van der Waals surface area contributed by atoms with Gasteiger partial charge in [0.2, 0.25) is 0 Å². The van der Waals surface area contributed by atoms with Crippen LogP contribution in [0.1, 0.15) is 25.0 Å². The van der Waals surface area contributed by atoms with Gasteiger partial charge in [0.05, 0.1) is 0 Å². The Morgan fingerprint density at radius 1 is 1.33 bits per heavy atom. The molecule has 3 atom stereocenters. The highest BCUT2D eigenvalue weighted by molar-refractivity contribution is 6.40. The van der Waals surface area contributed by atoms with Crippen molar-refractivity contribution >= 4 is 17.4 Å². The van der Waals surface area contributed by atoms with E-state index < -0.39 is 4.87 Å². The van der Waals surface area contributed by atoms with Crippen molar-refractivity contribution in [1.29, 1.82) is 0 Å². The Morgan fingerprint density at radius 3 is 2.73 bits per heavy atom. The van der Waals surface area contributed by atoms with Gasteiger partial charge in [0, 0.05) is 11.3 Å². The summed E-state index contributed by atoms with van der Waals surface area (Å²) in [6.45, 7) is 3.98. The number of ketones is 1. The van der Waals surface area contributed by atoms with E-state index in [1.807, 2.05) is 19.1 Å². The number of hydrogen-bond acceptors (Lipinski definition) is 1. The molecule has 2 aliphatic rings. The van der Waals surface area contributed by atoms with E-state index in [0.29, 0.717) is 0 Å². The summed E-state index contributed by atoms with van der Waals surface area (Å²) in [4.78, 5) is 11.2. The zero-order valence-electron chi connectivity index (χ0n) is 8.88. The van der Waals surface area contributed by atoms with Gasteiger partial charge in [0.25, 0.3) is 0 Å². The standard InChI is InChI=1S/C13H13ClO/c1-12-9-6-4-3-5-8(9)7-10(12)11(15)13(12,2)14/h3-6,10H,7H2,1-2H3/t10-,12-,13?/m0/s1. The maximum atomic E-state index is 11.9. The SMILES string of the molecule is CC1(Cl)C(=O)[C@@H]2Cc3ccccc3[C@@]21C. The highest BCUT2D eigenvalue weighted by Gasteiger charge is 2.69. The topological polar surface area (TPSA) is 17.1 Å². The van der Waals surface area contributed by atoms with Crippen LogP contribution in [-0.4, -0.2) is 10.7 Å². The molecule has 1 unspecified atom stereocenters. The predicted octanol–water partition coefficient (Wildman–Crippen LogP) is 2.70. The quantitative estimate of drug-likeness (QED) is 0.615. The molecule has 1 saturated carbocycles. The summed E-state index contributed by atoms with van der Waals surface area (Å²) in [5.41, 5.74) is 2.41. The van der Waals surface area contributed by atoms with Crippen LogP contribution in [0, 0.1) is 5.92 Å². The fourth-order valence-corrected chi connectivity index (χ4v) is 3.62. The summed E-state index contributed by atoms with van der Waals surface area (Å²) >= 11 is 6.38. The van der Waals surface area contributed by atoms with Crippen LogP contribution in [0.3, 0.4) is 0 Å². The number of carbonyl (C=O) groups excluding carboxylic acids is 1. The van der Waals surface area contributed by atoms with E-state index in [-0.39, 0.29) is 17.1 Å². The van der Waals surface area contributed by atoms with E-state index in [0.717, 1.165) is 6.42 Å². The maximum Gasteiger partial charge on any atom is 0.158 e. The van der Waals surface area contributed by atoms with Gasteiger partial charge in [-0.1, -0.05) is 31.2 Å². The number of rotatable bonds is 0. The molecule has 1 aromatic carbocycles. The monoisotopic (exact) mass is 220 g/mol. The average molecular weight is 221 g/mol. The summed E-state index contributed by atoms with van der Waals surface area (Å²) in [6.07, 6.45) is 0.869. The number of Topliss-reactive ketones (excluding diaryl/α,β-unsaturated/α-hetero) is 1. The highest BCUT2D eigenvalue weighted by Crippen LogP contribution is 2.62. The van der Waals surface area contributed by atoms with Crippen LogP contribution < -0.4 is 0 Å². The second kappa shape index (κ2) is 2.46. The second-order valence-corrected chi connectivity index (χ2v) is 5.74. The van der Waals surface area contributed by atoms with Crippen molar-refractivity contribution in [2.75, 3.05) is 0 Å². The Labute approximate surface area is 94.4 Å². The second-order valence-electron chi connectivity index (χ2n) is 4.98. The Hall–Kier alpha value is -0.820. The van der Waals surface area contributed by atoms with Gasteiger partial charge in [-0.15, -0.1) is 11.6 Å². The number of alkyl halides is 1. The predicted molar refractivity (Wildman–Crippen MR) is 60.3 cm³/mol. The van der Waals surface area contributed by atoms with E-state index in [4.69, 9.17) is 11.6 Å². The molecule has 1 nitrogen and oxygen atoms in total. The van der Waals surface area contributed by atoms with Crippen molar-refractivity contribution in [3.05, 3.63) is 35.4 Å². The van der Waals surface area contributed by atoms with Gasteiger partial charge in [-0.25, -0.2) is 0 Å². The van der Waals surface area contributed by atoms with Crippen molar-refractivity contribution in [1.82, 2.24) is 0 Å². The lowest BCUT2D eigenvalue weighted by Crippen LogP contribution is -2.66. The molecule has 1 aromatic rings. The van der Waals surface area contributed by atoms with Crippen LogP contribution in [0.4, 0.5) is 0 Å². The molecular formula is C13H13ClO. The van der Waals surface area contributed by atoms with Crippen molar-refractivity contribution in [3.8, 4) is 0 Å². The fraction of sp³-hybridized carbons (Fsp3) is 0.462. The van der Waals surface area contributed by atoms with Crippen molar-refractivity contribution in [2.45, 2.75) is 30.6 Å². The molecule has 3 rings (SSSR count). The number of benzene rings is 1. The Balaban J connectivity index is 2.22. The van der Waals surface area contributed by atoms with E-state index >= 15 is 0 Å². The molecule has 2 heteroatoms. The third-order valence-corrected chi connectivity index (χ3v) is 5.03. The molecule has 0 N–H and O–H groups in total. The third-order valence-electron chi connectivity index (χ3n) is 4.45. The third kappa shape index (κ3) is 0.807. The molecule has 2 aliphatic carbocycles. The van der Waals surface area contributed by atoms with E-state index in [1.54, 1.807) is 0 Å². The first-order chi connectivity index (χ1) is 6.99. The lowest BCUT2D eigenvalue weighted by Gasteiger charge is -2.53. The van der Waals surface area contributed by atoms with Crippen molar-refractivity contribution in [2.24, 2.45) is 5.92 Å². The van der Waals surface area contributed by atoms with E-state index in [9.17, 15) is 4.79 Å². The smallest absolute Gasteiger partial charge is 0.158 e. The first-order valence-electron chi connectivity index (χ1n) is 5.31. The molecule has 0 radical (unpaired) electrons. The fourth-order valence-electron chi connectivity index (χ4n) is 3.26. The molecular weight excluding hydrogens is 208 g/mol. The Morgan fingerprint density at radius 2 is 2.00 bits per heavy atom. The molecule has 0 amide bonds. The minimum atomic E-state index is -0.704. The van der Waals surface area contributed by atoms with Gasteiger partial charge in [-0.05, 0) is 24.5 Å². The van der Waals surface area contributed by atoms with Crippen molar-refractivity contribution in [3.63, 3.8) is 0 Å². The molecule has 0 spiro atoms. The molecule has 1 fully saturated rings. The number of carbonyl (C=O) groups is 1. The van der Waals surface area contributed by atoms with Gasteiger partial charge in [-0.2, -0.15) is 0 Å². The first-order valence-corrected chi connectivity index (χ1v) is 5.69. The lowest BCUT2D eigenvalue weighted by molar-refractivity contribution is -0.139. The average Bonchev–Trinajstić information content (AvgIpc) is 2.52. The molecule has 0 heterocycles. The molecule has 0 aliphatic heterocycles. The van der Waals surface area contributed by atoms with Gasteiger partial charge in [0.1, 0.15) is 4.87 Å². The van der Waals surface area contributed by atoms with Crippen molar-refractivity contribution < 1.29 is 4.79 Å². The van der Waals surface area contributed by atoms with Crippen LogP contribution >= 0.6 is 11.6 Å². The van der Waals surface area contributed by atoms with E-state index in [2.05, 4.69) is 19.1 Å². The lowest BCUT2D eigenvalue weighted by atomic mass is 9.53. The Bertz CT molecular complexity index is 463. The van der Waals surface area contributed by atoms with Crippen LogP contribution in [-0.2, 0) is 16.6 Å². The largest absolute Gasteiger partial charge is 0.297 e. The molecule has 15 heavy (non-hydrogen) atoms. The highest BCUT2D eigenvalue weighted by atomic mass is 35.5.